The van der Waals surface area contributed by atoms with Crippen LogP contribution in [0.25, 0.3) is 111 Å². The molecule has 0 saturated carbocycles. The van der Waals surface area contributed by atoms with Gasteiger partial charge in [-0.1, -0.05) is 176 Å². The van der Waals surface area contributed by atoms with Crippen molar-refractivity contribution in [2.24, 2.45) is 0 Å². The summed E-state index contributed by atoms with van der Waals surface area (Å²) >= 11 is 0. The van der Waals surface area contributed by atoms with Crippen molar-refractivity contribution >= 4 is 43.6 Å². The Morgan fingerprint density at radius 2 is 0.790 bits per heavy atom. The van der Waals surface area contributed by atoms with Crippen LogP contribution in [-0.2, 0) is 0 Å². The summed E-state index contributed by atoms with van der Waals surface area (Å²) in [5.41, 5.74) is 16.5. The monoisotopic (exact) mass is 790 g/mol. The van der Waals surface area contributed by atoms with Crippen LogP contribution >= 0.6 is 0 Å². The Hall–Kier alpha value is -8.34. The Labute approximate surface area is 359 Å². The van der Waals surface area contributed by atoms with Gasteiger partial charge in [-0.25, -0.2) is 9.97 Å². The highest BCUT2D eigenvalue weighted by Gasteiger charge is 2.19. The molecular weight excluding hydrogens is 753 g/mol. The number of aromatic nitrogens is 4. The van der Waals surface area contributed by atoms with E-state index >= 15 is 0 Å². The Morgan fingerprint density at radius 1 is 0.274 bits per heavy atom. The maximum atomic E-state index is 5.20. The standard InChI is InChI=1S/C58H38N4/c1-4-17-40(18-5-1)52-38-53(60-58(59-52)41-19-6-2-7-20-41)47-24-11-10-23-45(47)42-33-36-56-51(37-42)49-26-13-14-29-54(49)61(56)44-34-31-39(32-35-44)46-27-16-28-50-48-25-12-15-30-55(48)62(57(46)50)43-21-8-3-9-22-43/h1-38H. The lowest BCUT2D eigenvalue weighted by Crippen LogP contribution is -1.97. The van der Waals surface area contributed by atoms with E-state index in [9.17, 15) is 0 Å². The highest BCUT2D eigenvalue weighted by atomic mass is 15.0. The van der Waals surface area contributed by atoms with Crippen LogP contribution in [0.4, 0.5) is 0 Å². The van der Waals surface area contributed by atoms with Gasteiger partial charge in [0.25, 0.3) is 0 Å². The van der Waals surface area contributed by atoms with Crippen LogP contribution in [0.2, 0.25) is 0 Å². The topological polar surface area (TPSA) is 35.6 Å². The van der Waals surface area contributed by atoms with Crippen molar-refractivity contribution in [1.29, 1.82) is 0 Å². The van der Waals surface area contributed by atoms with Gasteiger partial charge in [-0.2, -0.15) is 0 Å². The molecule has 0 radical (unpaired) electrons. The molecule has 12 rings (SSSR count). The third kappa shape index (κ3) is 5.92. The lowest BCUT2D eigenvalue weighted by atomic mass is 9.95. The molecule has 0 spiro atoms. The van der Waals surface area contributed by atoms with Gasteiger partial charge in [-0.15, -0.1) is 0 Å². The molecule has 4 nitrogen and oxygen atoms in total. The molecule has 0 aliphatic carbocycles. The van der Waals surface area contributed by atoms with Crippen molar-refractivity contribution in [1.82, 2.24) is 19.1 Å². The van der Waals surface area contributed by atoms with Gasteiger partial charge in [0.15, 0.2) is 5.82 Å². The van der Waals surface area contributed by atoms with E-state index < -0.39 is 0 Å². The second-order valence-corrected chi connectivity index (χ2v) is 15.8. The molecule has 290 valence electrons. The Kier molecular flexibility index (Phi) is 8.46. The molecule has 3 heterocycles. The van der Waals surface area contributed by atoms with Gasteiger partial charge in [0, 0.05) is 55.2 Å². The highest BCUT2D eigenvalue weighted by molar-refractivity contribution is 6.14. The fraction of sp³-hybridized carbons (Fsp3) is 0. The van der Waals surface area contributed by atoms with Gasteiger partial charge in [-0.05, 0) is 71.3 Å². The summed E-state index contributed by atoms with van der Waals surface area (Å²) in [6, 6.07) is 82.1. The van der Waals surface area contributed by atoms with Crippen molar-refractivity contribution < 1.29 is 0 Å². The molecule has 4 heteroatoms. The first-order chi connectivity index (χ1) is 30.8. The van der Waals surface area contributed by atoms with Gasteiger partial charge in [-0.3, -0.25) is 0 Å². The molecule has 9 aromatic carbocycles. The quantitative estimate of drug-likeness (QED) is 0.161. The highest BCUT2D eigenvalue weighted by Crippen LogP contribution is 2.41. The smallest absolute Gasteiger partial charge is 0.160 e. The predicted molar refractivity (Wildman–Crippen MR) is 258 cm³/mol. The lowest BCUT2D eigenvalue weighted by molar-refractivity contribution is 1.17. The zero-order valence-electron chi connectivity index (χ0n) is 33.7. The third-order valence-electron chi connectivity index (χ3n) is 12.2. The van der Waals surface area contributed by atoms with E-state index in [1.165, 1.54) is 49.2 Å². The van der Waals surface area contributed by atoms with Crippen molar-refractivity contribution in [3.05, 3.63) is 231 Å². The molecule has 0 N–H and O–H groups in total. The van der Waals surface area contributed by atoms with Gasteiger partial charge < -0.3 is 9.13 Å². The maximum absolute atomic E-state index is 5.20. The van der Waals surface area contributed by atoms with Gasteiger partial charge in [0.05, 0.1) is 33.5 Å². The van der Waals surface area contributed by atoms with E-state index in [0.29, 0.717) is 5.82 Å². The molecule has 0 bridgehead atoms. The molecule has 0 atom stereocenters. The van der Waals surface area contributed by atoms with Crippen molar-refractivity contribution in [2.75, 3.05) is 0 Å². The first-order valence-corrected chi connectivity index (χ1v) is 21.1. The Balaban J connectivity index is 0.978. The molecule has 0 aliphatic heterocycles. The van der Waals surface area contributed by atoms with Crippen LogP contribution in [0.15, 0.2) is 231 Å². The van der Waals surface area contributed by atoms with E-state index in [1.807, 2.05) is 24.3 Å². The molecule has 0 saturated heterocycles. The summed E-state index contributed by atoms with van der Waals surface area (Å²) < 4.78 is 4.81. The molecule has 12 aromatic rings. The molecule has 0 fully saturated rings. The van der Waals surface area contributed by atoms with E-state index in [0.717, 1.165) is 56.1 Å². The van der Waals surface area contributed by atoms with E-state index in [-0.39, 0.29) is 0 Å². The minimum atomic E-state index is 0.705. The fourth-order valence-corrected chi connectivity index (χ4v) is 9.32. The van der Waals surface area contributed by atoms with E-state index in [1.54, 1.807) is 0 Å². The molecule has 0 aliphatic rings. The summed E-state index contributed by atoms with van der Waals surface area (Å²) in [5.74, 6) is 0.705. The summed E-state index contributed by atoms with van der Waals surface area (Å²) in [6.07, 6.45) is 0. The minimum absolute atomic E-state index is 0.705. The average molecular weight is 791 g/mol. The summed E-state index contributed by atoms with van der Waals surface area (Å²) in [6.45, 7) is 0. The third-order valence-corrected chi connectivity index (χ3v) is 12.2. The van der Waals surface area contributed by atoms with Crippen LogP contribution < -0.4 is 0 Å². The van der Waals surface area contributed by atoms with Gasteiger partial charge in [0.1, 0.15) is 0 Å². The maximum Gasteiger partial charge on any atom is 0.160 e. The van der Waals surface area contributed by atoms with Crippen LogP contribution in [0.3, 0.4) is 0 Å². The number of rotatable bonds is 7. The summed E-state index contributed by atoms with van der Waals surface area (Å²) in [7, 11) is 0. The number of benzene rings is 9. The van der Waals surface area contributed by atoms with Crippen LogP contribution in [0.1, 0.15) is 0 Å². The van der Waals surface area contributed by atoms with Crippen LogP contribution in [0.5, 0.6) is 0 Å². The number of hydrogen-bond donors (Lipinski definition) is 0. The van der Waals surface area contributed by atoms with Crippen molar-refractivity contribution in [3.63, 3.8) is 0 Å². The van der Waals surface area contributed by atoms with Crippen LogP contribution in [-0.4, -0.2) is 19.1 Å². The lowest BCUT2D eigenvalue weighted by Gasteiger charge is -2.14. The second-order valence-electron chi connectivity index (χ2n) is 15.8. The fourth-order valence-electron chi connectivity index (χ4n) is 9.32. The van der Waals surface area contributed by atoms with Gasteiger partial charge in [0.2, 0.25) is 0 Å². The van der Waals surface area contributed by atoms with Crippen molar-refractivity contribution in [3.8, 4) is 67.5 Å². The average Bonchev–Trinajstić information content (AvgIpc) is 3.87. The van der Waals surface area contributed by atoms with E-state index in [4.69, 9.17) is 9.97 Å². The summed E-state index contributed by atoms with van der Waals surface area (Å²) in [5, 5.41) is 4.91. The first-order valence-electron chi connectivity index (χ1n) is 21.1. The number of para-hydroxylation sites is 4. The molecule has 3 aromatic heterocycles. The van der Waals surface area contributed by atoms with Crippen molar-refractivity contribution in [2.45, 2.75) is 0 Å². The number of hydrogen-bond acceptors (Lipinski definition) is 2. The Morgan fingerprint density at radius 3 is 1.53 bits per heavy atom. The zero-order valence-corrected chi connectivity index (χ0v) is 33.7. The molecular formula is C58H38N4. The first kappa shape index (κ1) is 35.6. The number of nitrogens with zero attached hydrogens (tertiary/aromatic N) is 4. The van der Waals surface area contributed by atoms with Crippen LogP contribution in [0, 0.1) is 0 Å². The molecule has 0 unspecified atom stereocenters. The van der Waals surface area contributed by atoms with Gasteiger partial charge >= 0.3 is 0 Å². The largest absolute Gasteiger partial charge is 0.309 e. The van der Waals surface area contributed by atoms with E-state index in [2.05, 4.69) is 215 Å². The predicted octanol–water partition coefficient (Wildman–Crippen LogP) is 15.0. The Bertz CT molecular complexity index is 3550. The minimum Gasteiger partial charge on any atom is -0.309 e. The number of fused-ring (bicyclic) bond motifs is 6. The summed E-state index contributed by atoms with van der Waals surface area (Å²) in [4.78, 5) is 10.3. The molecule has 62 heavy (non-hydrogen) atoms. The normalized spacial score (nSPS) is 11.5. The SMILES string of the molecule is c1ccc(-c2cc(-c3ccccc3-c3ccc4c(c3)c3ccccc3n4-c3ccc(-c4cccc5c6ccccc6n(-c6ccccc6)c45)cc3)nc(-c3ccccc3)n2)cc1. The second kappa shape index (κ2) is 14.7. The molecule has 0 amide bonds. The zero-order chi connectivity index (χ0) is 41.0.